The van der Waals surface area contributed by atoms with Crippen LogP contribution in [0.1, 0.15) is 35.6 Å². The van der Waals surface area contributed by atoms with Gasteiger partial charge in [0.05, 0.1) is 11.2 Å². The summed E-state index contributed by atoms with van der Waals surface area (Å²) < 4.78 is 0. The van der Waals surface area contributed by atoms with E-state index in [0.29, 0.717) is 17.3 Å². The van der Waals surface area contributed by atoms with Gasteiger partial charge in [-0.2, -0.15) is 0 Å². The number of fused-ring (bicyclic) bond motifs is 1. The number of nitrogens with one attached hydrogen (secondary N) is 1. The summed E-state index contributed by atoms with van der Waals surface area (Å²) in [6.07, 6.45) is 5.07. The molecule has 0 saturated carbocycles. The molecule has 3 aromatic rings. The molecule has 1 saturated heterocycles. The van der Waals surface area contributed by atoms with Crippen LogP contribution in [0.2, 0.25) is 0 Å². The summed E-state index contributed by atoms with van der Waals surface area (Å²) in [4.78, 5) is 27.9. The largest absolute Gasteiger partial charge is 0.338 e. The number of hydrogen-bond donors (Lipinski definition) is 1. The maximum Gasteiger partial charge on any atom is 0.272 e. The van der Waals surface area contributed by atoms with Crippen LogP contribution in [-0.2, 0) is 0 Å². The van der Waals surface area contributed by atoms with E-state index in [1.54, 1.807) is 19.2 Å². The number of benzene rings is 1. The number of carbonyl (C=O) groups is 1. The number of anilines is 2. The van der Waals surface area contributed by atoms with E-state index in [-0.39, 0.29) is 5.91 Å². The summed E-state index contributed by atoms with van der Waals surface area (Å²) in [7, 11) is 0. The van der Waals surface area contributed by atoms with E-state index < -0.39 is 0 Å². The Morgan fingerprint density at radius 3 is 2.73 bits per heavy atom. The molecule has 4 rings (SSSR count). The molecular formula is C20H21N5O. The average molecular weight is 347 g/mol. The standard InChI is InChI=1S/C20H21N5O/c1-14-22-17(20(26)25-11-3-2-4-12-25)13-18(23-14)24-16-9-5-7-15-8-6-10-21-19(15)16/h5-10,13H,2-4,11-12H2,1H3,(H,22,23,24). The second-order valence-electron chi connectivity index (χ2n) is 6.54. The van der Waals surface area contributed by atoms with Gasteiger partial charge >= 0.3 is 0 Å². The molecule has 1 N–H and O–H groups in total. The Morgan fingerprint density at radius 2 is 1.88 bits per heavy atom. The minimum atomic E-state index is -0.0192. The van der Waals surface area contributed by atoms with Crippen LogP contribution in [-0.4, -0.2) is 38.8 Å². The van der Waals surface area contributed by atoms with E-state index >= 15 is 0 Å². The lowest BCUT2D eigenvalue weighted by atomic mass is 10.1. The van der Waals surface area contributed by atoms with Crippen molar-refractivity contribution in [2.24, 2.45) is 0 Å². The van der Waals surface area contributed by atoms with Crippen LogP contribution in [0.5, 0.6) is 0 Å². The van der Waals surface area contributed by atoms with Crippen LogP contribution in [0, 0.1) is 6.92 Å². The molecule has 132 valence electrons. The number of pyridine rings is 1. The smallest absolute Gasteiger partial charge is 0.272 e. The lowest BCUT2D eigenvalue weighted by Crippen LogP contribution is -2.36. The third-order valence-electron chi connectivity index (χ3n) is 4.60. The van der Waals surface area contributed by atoms with Gasteiger partial charge in [0.1, 0.15) is 17.3 Å². The molecule has 0 aliphatic carbocycles. The first-order valence-electron chi connectivity index (χ1n) is 8.96. The average Bonchev–Trinajstić information content (AvgIpc) is 2.68. The molecule has 0 spiro atoms. The second-order valence-corrected chi connectivity index (χ2v) is 6.54. The number of aryl methyl sites for hydroxylation is 1. The lowest BCUT2D eigenvalue weighted by molar-refractivity contribution is 0.0718. The van der Waals surface area contributed by atoms with Crippen LogP contribution in [0.15, 0.2) is 42.6 Å². The number of aromatic nitrogens is 3. The monoisotopic (exact) mass is 347 g/mol. The molecule has 26 heavy (non-hydrogen) atoms. The first-order chi connectivity index (χ1) is 12.7. The van der Waals surface area contributed by atoms with Gasteiger partial charge in [0, 0.05) is 30.7 Å². The third-order valence-corrected chi connectivity index (χ3v) is 4.60. The Hall–Kier alpha value is -3.02. The number of hydrogen-bond acceptors (Lipinski definition) is 5. The van der Waals surface area contributed by atoms with Gasteiger partial charge in [0.15, 0.2) is 0 Å². The van der Waals surface area contributed by atoms with Crippen molar-refractivity contribution in [3.63, 3.8) is 0 Å². The number of rotatable bonds is 3. The van der Waals surface area contributed by atoms with Crippen molar-refractivity contribution < 1.29 is 4.79 Å². The van der Waals surface area contributed by atoms with Gasteiger partial charge in [0.2, 0.25) is 0 Å². The van der Waals surface area contributed by atoms with Crippen molar-refractivity contribution in [3.05, 3.63) is 54.1 Å². The van der Waals surface area contributed by atoms with Crippen molar-refractivity contribution in [3.8, 4) is 0 Å². The quantitative estimate of drug-likeness (QED) is 0.782. The van der Waals surface area contributed by atoms with E-state index in [1.165, 1.54) is 6.42 Å². The molecule has 3 heterocycles. The summed E-state index contributed by atoms with van der Waals surface area (Å²) in [5.74, 6) is 1.16. The topological polar surface area (TPSA) is 71.0 Å². The first kappa shape index (κ1) is 16.4. The SMILES string of the molecule is Cc1nc(Nc2cccc3cccnc23)cc(C(=O)N2CCCCC2)n1. The maximum atomic E-state index is 12.8. The molecule has 1 aromatic carbocycles. The Morgan fingerprint density at radius 1 is 1.08 bits per heavy atom. The second kappa shape index (κ2) is 7.07. The molecular weight excluding hydrogens is 326 g/mol. The number of para-hydroxylation sites is 1. The van der Waals surface area contributed by atoms with Gasteiger partial charge in [-0.25, -0.2) is 9.97 Å². The fourth-order valence-electron chi connectivity index (χ4n) is 3.34. The summed E-state index contributed by atoms with van der Waals surface area (Å²) >= 11 is 0. The van der Waals surface area contributed by atoms with E-state index in [1.807, 2.05) is 35.2 Å². The number of likely N-dealkylation sites (tertiary alicyclic amines) is 1. The normalized spacial score (nSPS) is 14.4. The Labute approximate surface area is 152 Å². The minimum absolute atomic E-state index is 0.0192. The molecule has 2 aromatic heterocycles. The first-order valence-corrected chi connectivity index (χ1v) is 8.96. The predicted molar refractivity (Wildman–Crippen MR) is 102 cm³/mol. The number of nitrogens with zero attached hydrogens (tertiary/aromatic N) is 4. The van der Waals surface area contributed by atoms with Gasteiger partial charge in [-0.05, 0) is 38.3 Å². The summed E-state index contributed by atoms with van der Waals surface area (Å²) in [5, 5.41) is 4.35. The van der Waals surface area contributed by atoms with E-state index in [0.717, 1.165) is 42.5 Å². The Bertz CT molecular complexity index is 945. The van der Waals surface area contributed by atoms with Gasteiger partial charge in [-0.15, -0.1) is 0 Å². The summed E-state index contributed by atoms with van der Waals surface area (Å²) in [5.41, 5.74) is 2.17. The third kappa shape index (κ3) is 3.35. The highest BCUT2D eigenvalue weighted by Crippen LogP contribution is 2.24. The molecule has 0 radical (unpaired) electrons. The van der Waals surface area contributed by atoms with Crippen LogP contribution in [0.4, 0.5) is 11.5 Å². The van der Waals surface area contributed by atoms with Crippen molar-refractivity contribution in [1.29, 1.82) is 0 Å². The van der Waals surface area contributed by atoms with Crippen LogP contribution in [0.3, 0.4) is 0 Å². The Balaban J connectivity index is 1.64. The van der Waals surface area contributed by atoms with Crippen LogP contribution < -0.4 is 5.32 Å². The van der Waals surface area contributed by atoms with Gasteiger partial charge in [-0.3, -0.25) is 9.78 Å². The Kier molecular flexibility index (Phi) is 4.48. The van der Waals surface area contributed by atoms with Crippen molar-refractivity contribution >= 4 is 28.3 Å². The zero-order valence-electron chi connectivity index (χ0n) is 14.8. The molecule has 1 aliphatic rings. The molecule has 1 aliphatic heterocycles. The number of amides is 1. The van der Waals surface area contributed by atoms with Crippen molar-refractivity contribution in [2.45, 2.75) is 26.2 Å². The molecule has 0 unspecified atom stereocenters. The highest BCUT2D eigenvalue weighted by molar-refractivity contribution is 5.94. The van der Waals surface area contributed by atoms with Crippen molar-refractivity contribution in [1.82, 2.24) is 19.9 Å². The molecule has 0 atom stereocenters. The van der Waals surface area contributed by atoms with E-state index in [4.69, 9.17) is 0 Å². The van der Waals surface area contributed by atoms with Gasteiger partial charge in [-0.1, -0.05) is 18.2 Å². The minimum Gasteiger partial charge on any atom is -0.338 e. The zero-order valence-corrected chi connectivity index (χ0v) is 14.8. The lowest BCUT2D eigenvalue weighted by Gasteiger charge is -2.26. The van der Waals surface area contributed by atoms with E-state index in [2.05, 4.69) is 20.3 Å². The van der Waals surface area contributed by atoms with Gasteiger partial charge in [0.25, 0.3) is 5.91 Å². The van der Waals surface area contributed by atoms with Crippen LogP contribution in [0.25, 0.3) is 10.9 Å². The highest BCUT2D eigenvalue weighted by Gasteiger charge is 2.20. The molecule has 0 bridgehead atoms. The van der Waals surface area contributed by atoms with Crippen LogP contribution >= 0.6 is 0 Å². The number of piperidine rings is 1. The maximum absolute atomic E-state index is 12.8. The predicted octanol–water partition coefficient (Wildman–Crippen LogP) is 3.70. The highest BCUT2D eigenvalue weighted by atomic mass is 16.2. The zero-order chi connectivity index (χ0) is 17.9. The fraction of sp³-hybridized carbons (Fsp3) is 0.300. The molecule has 6 nitrogen and oxygen atoms in total. The van der Waals surface area contributed by atoms with Crippen molar-refractivity contribution in [2.75, 3.05) is 18.4 Å². The summed E-state index contributed by atoms with van der Waals surface area (Å²) in [6.45, 7) is 3.41. The van der Waals surface area contributed by atoms with Gasteiger partial charge < -0.3 is 10.2 Å². The molecule has 1 amide bonds. The summed E-state index contributed by atoms with van der Waals surface area (Å²) in [6, 6.07) is 11.6. The van der Waals surface area contributed by atoms with E-state index in [9.17, 15) is 4.79 Å². The number of carbonyl (C=O) groups excluding carboxylic acids is 1. The fourth-order valence-corrected chi connectivity index (χ4v) is 3.34. The molecule has 1 fully saturated rings. The molecule has 6 heteroatoms.